The lowest BCUT2D eigenvalue weighted by Crippen LogP contribution is -1.88. The second-order valence-electron chi connectivity index (χ2n) is 3.41. The Morgan fingerprint density at radius 2 is 2.08 bits per heavy atom. The van der Waals surface area contributed by atoms with Crippen molar-refractivity contribution in [3.8, 4) is 0 Å². The molecule has 68 valence electrons. The highest BCUT2D eigenvalue weighted by atomic mass is 14.0. The minimum Gasteiger partial charge on any atom is -0.0991 e. The van der Waals surface area contributed by atoms with Gasteiger partial charge in [0, 0.05) is 0 Å². The van der Waals surface area contributed by atoms with Crippen LogP contribution in [0.15, 0.2) is 36.5 Å². The van der Waals surface area contributed by atoms with Crippen LogP contribution in [-0.4, -0.2) is 0 Å². The summed E-state index contributed by atoms with van der Waals surface area (Å²) in [6, 6.07) is 0. The Balaban J connectivity index is 3.96. The molecule has 0 N–H and O–H groups in total. The summed E-state index contributed by atoms with van der Waals surface area (Å²) in [6.45, 7) is 10.2. The van der Waals surface area contributed by atoms with E-state index in [0.717, 1.165) is 12.3 Å². The van der Waals surface area contributed by atoms with Gasteiger partial charge in [-0.1, -0.05) is 44.7 Å². The average molecular weight is 164 g/mol. The maximum atomic E-state index is 3.70. The fraction of sp³-hybridized carbons (Fsp3) is 0.500. The van der Waals surface area contributed by atoms with E-state index in [1.807, 2.05) is 13.0 Å². The number of hydrogen-bond acceptors (Lipinski definition) is 0. The molecular weight excluding hydrogens is 144 g/mol. The van der Waals surface area contributed by atoms with E-state index in [4.69, 9.17) is 0 Å². The molecule has 0 fully saturated rings. The van der Waals surface area contributed by atoms with Gasteiger partial charge in [-0.05, 0) is 31.3 Å². The quantitative estimate of drug-likeness (QED) is 0.536. The maximum absolute atomic E-state index is 3.70. The molecule has 0 atom stereocenters. The van der Waals surface area contributed by atoms with E-state index in [9.17, 15) is 0 Å². The summed E-state index contributed by atoms with van der Waals surface area (Å²) < 4.78 is 0. The molecule has 0 rings (SSSR count). The lowest BCUT2D eigenvalue weighted by molar-refractivity contribution is 0.588. The predicted molar refractivity (Wildman–Crippen MR) is 57.2 cm³/mol. The highest BCUT2D eigenvalue weighted by Gasteiger charge is 1.95. The van der Waals surface area contributed by atoms with Crippen LogP contribution in [0.25, 0.3) is 0 Å². The molecule has 0 saturated carbocycles. The monoisotopic (exact) mass is 164 g/mol. The topological polar surface area (TPSA) is 0 Å². The number of hydrogen-bond donors (Lipinski definition) is 0. The third kappa shape index (κ3) is 5.96. The van der Waals surface area contributed by atoms with Crippen LogP contribution < -0.4 is 0 Å². The van der Waals surface area contributed by atoms with Crippen molar-refractivity contribution in [2.24, 2.45) is 5.92 Å². The fourth-order valence-electron chi connectivity index (χ4n) is 1.04. The first-order valence-electron chi connectivity index (χ1n) is 4.65. The second-order valence-corrected chi connectivity index (χ2v) is 3.41. The highest BCUT2D eigenvalue weighted by molar-refractivity contribution is 5.22. The minimum absolute atomic E-state index is 0.781. The van der Waals surface area contributed by atoms with Crippen LogP contribution in [-0.2, 0) is 0 Å². The predicted octanol–water partition coefficient (Wildman–Crippen LogP) is 4.11. The normalized spacial score (nSPS) is 12.8. The summed E-state index contributed by atoms with van der Waals surface area (Å²) in [5.41, 5.74) is 1.38. The van der Waals surface area contributed by atoms with Gasteiger partial charge in [-0.15, -0.1) is 0 Å². The fourth-order valence-corrected chi connectivity index (χ4v) is 1.04. The molecule has 0 radical (unpaired) electrons. The van der Waals surface area contributed by atoms with Gasteiger partial charge in [-0.2, -0.15) is 0 Å². The Hall–Kier alpha value is -0.780. The molecule has 12 heavy (non-hydrogen) atoms. The molecule has 0 unspecified atom stereocenters. The van der Waals surface area contributed by atoms with Crippen molar-refractivity contribution in [3.63, 3.8) is 0 Å². The lowest BCUT2D eigenvalue weighted by atomic mass is 10.0. The van der Waals surface area contributed by atoms with Crippen molar-refractivity contribution >= 4 is 0 Å². The first-order chi connectivity index (χ1) is 5.70. The van der Waals surface area contributed by atoms with Crippen molar-refractivity contribution in [2.45, 2.75) is 33.6 Å². The van der Waals surface area contributed by atoms with Gasteiger partial charge in [0.25, 0.3) is 0 Å². The molecule has 0 aliphatic rings. The molecule has 0 aromatic rings. The van der Waals surface area contributed by atoms with Crippen molar-refractivity contribution in [1.82, 2.24) is 0 Å². The van der Waals surface area contributed by atoms with Crippen LogP contribution in [0.1, 0.15) is 33.6 Å². The minimum atomic E-state index is 0.781. The van der Waals surface area contributed by atoms with E-state index in [0.29, 0.717) is 0 Å². The third-order valence-corrected chi connectivity index (χ3v) is 1.72. The van der Waals surface area contributed by atoms with Crippen LogP contribution in [0.4, 0.5) is 0 Å². The van der Waals surface area contributed by atoms with Gasteiger partial charge in [0.1, 0.15) is 0 Å². The largest absolute Gasteiger partial charge is 0.0991 e. The van der Waals surface area contributed by atoms with E-state index < -0.39 is 0 Å². The first-order valence-corrected chi connectivity index (χ1v) is 4.65. The van der Waals surface area contributed by atoms with Gasteiger partial charge in [0.2, 0.25) is 0 Å². The summed E-state index contributed by atoms with van der Waals surface area (Å²) in [7, 11) is 0. The summed E-state index contributed by atoms with van der Waals surface area (Å²) >= 11 is 0. The second kappa shape index (κ2) is 6.90. The van der Waals surface area contributed by atoms with Crippen molar-refractivity contribution in [2.75, 3.05) is 0 Å². The molecular formula is C12H20. The molecule has 0 aliphatic carbocycles. The molecule has 0 saturated heterocycles. The smallest absolute Gasteiger partial charge is 0.0277 e. The third-order valence-electron chi connectivity index (χ3n) is 1.72. The lowest BCUT2D eigenvalue weighted by Gasteiger charge is -2.04. The van der Waals surface area contributed by atoms with E-state index in [1.165, 1.54) is 12.0 Å². The van der Waals surface area contributed by atoms with Gasteiger partial charge < -0.3 is 0 Å². The van der Waals surface area contributed by atoms with Crippen molar-refractivity contribution in [3.05, 3.63) is 36.5 Å². The molecule has 0 heteroatoms. The summed E-state index contributed by atoms with van der Waals surface area (Å²) in [5.74, 6) is 0.781. The number of rotatable bonds is 5. The van der Waals surface area contributed by atoms with E-state index in [2.05, 4.69) is 38.7 Å². The maximum Gasteiger partial charge on any atom is -0.0277 e. The molecule has 0 spiro atoms. The molecule has 0 nitrogen and oxygen atoms in total. The van der Waals surface area contributed by atoms with Crippen molar-refractivity contribution < 1.29 is 0 Å². The standard InChI is InChI=1S/C12H20/c1-5-7-12(8-6-2)10-9-11(3)4/h5-8,11H,1,9-10H2,2-4H3/b8-6-,12-7+. The Bertz CT molecular complexity index is 170. The van der Waals surface area contributed by atoms with E-state index in [-0.39, 0.29) is 0 Å². The SMILES string of the molecule is C=C/C=C(\C=C/C)CCC(C)C. The Morgan fingerprint density at radius 1 is 1.42 bits per heavy atom. The number of allylic oxidation sites excluding steroid dienone is 5. The zero-order chi connectivity index (χ0) is 9.40. The summed E-state index contributed by atoms with van der Waals surface area (Å²) in [4.78, 5) is 0. The van der Waals surface area contributed by atoms with Crippen LogP contribution in [0.3, 0.4) is 0 Å². The van der Waals surface area contributed by atoms with E-state index in [1.54, 1.807) is 0 Å². The Kier molecular flexibility index (Phi) is 6.45. The zero-order valence-corrected chi connectivity index (χ0v) is 8.51. The molecule has 0 aromatic heterocycles. The van der Waals surface area contributed by atoms with Gasteiger partial charge in [-0.25, -0.2) is 0 Å². The molecule has 0 heterocycles. The Labute approximate surface area is 76.7 Å². The van der Waals surface area contributed by atoms with Gasteiger partial charge in [0.15, 0.2) is 0 Å². The molecule has 0 bridgehead atoms. The van der Waals surface area contributed by atoms with Gasteiger partial charge in [0.05, 0.1) is 0 Å². The van der Waals surface area contributed by atoms with Gasteiger partial charge >= 0.3 is 0 Å². The van der Waals surface area contributed by atoms with Crippen LogP contribution in [0.2, 0.25) is 0 Å². The Morgan fingerprint density at radius 3 is 2.50 bits per heavy atom. The average Bonchev–Trinajstić information content (AvgIpc) is 2.01. The zero-order valence-electron chi connectivity index (χ0n) is 8.51. The van der Waals surface area contributed by atoms with Gasteiger partial charge in [-0.3, -0.25) is 0 Å². The summed E-state index contributed by atoms with van der Waals surface area (Å²) in [5, 5.41) is 0. The first kappa shape index (κ1) is 11.2. The van der Waals surface area contributed by atoms with Crippen LogP contribution in [0.5, 0.6) is 0 Å². The molecule has 0 aliphatic heterocycles. The van der Waals surface area contributed by atoms with Crippen LogP contribution in [0, 0.1) is 5.92 Å². The highest BCUT2D eigenvalue weighted by Crippen LogP contribution is 2.12. The summed E-state index contributed by atoms with van der Waals surface area (Å²) in [6.07, 6.45) is 10.6. The van der Waals surface area contributed by atoms with Crippen molar-refractivity contribution in [1.29, 1.82) is 0 Å². The molecule has 0 aromatic carbocycles. The van der Waals surface area contributed by atoms with E-state index >= 15 is 0 Å². The van der Waals surface area contributed by atoms with Crippen LogP contribution >= 0.6 is 0 Å². The molecule has 0 amide bonds.